The quantitative estimate of drug-likeness (QED) is 0.917. The smallest absolute Gasteiger partial charge is 0.168 e. The molecule has 100 valence electrons. The van der Waals surface area contributed by atoms with Gasteiger partial charge in [0.1, 0.15) is 18.2 Å². The number of nitrogens with one attached hydrogen (secondary N) is 1. The van der Waals surface area contributed by atoms with Crippen LogP contribution in [0, 0.1) is 6.92 Å². The zero-order valence-corrected chi connectivity index (χ0v) is 12.4. The number of aromatic nitrogens is 3. The molecule has 0 saturated heterocycles. The molecule has 0 spiro atoms. The predicted octanol–water partition coefficient (Wildman–Crippen LogP) is 2.95. The first-order valence-corrected chi connectivity index (χ1v) is 6.78. The molecule has 2 heterocycles. The maximum atomic E-state index is 5.62. The Morgan fingerprint density at radius 3 is 2.84 bits per heavy atom. The minimum atomic E-state index is 0.318. The number of nitrogens with zero attached hydrogens (tertiary/aromatic N) is 3. The zero-order valence-electron chi connectivity index (χ0n) is 10.9. The van der Waals surface area contributed by atoms with Crippen LogP contribution in [0.1, 0.15) is 18.4 Å². The molecule has 6 heteroatoms. The van der Waals surface area contributed by atoms with E-state index in [4.69, 9.17) is 4.74 Å². The average molecular weight is 323 g/mol. The van der Waals surface area contributed by atoms with Gasteiger partial charge in [0.25, 0.3) is 0 Å². The summed E-state index contributed by atoms with van der Waals surface area (Å²) in [6.45, 7) is 5.11. The fraction of sp³-hybridized carbons (Fsp3) is 0.308. The molecule has 0 saturated carbocycles. The molecule has 0 unspecified atom stereocenters. The summed E-state index contributed by atoms with van der Waals surface area (Å²) >= 11 is 3.35. The fourth-order valence-electron chi connectivity index (χ4n) is 1.59. The SMILES string of the molecule is CCNc1cc(C)nc(COc2cncc(Br)c2)n1. The number of hydrogen-bond donors (Lipinski definition) is 1. The molecular weight excluding hydrogens is 308 g/mol. The van der Waals surface area contributed by atoms with Crippen LogP contribution in [0.25, 0.3) is 0 Å². The van der Waals surface area contributed by atoms with Crippen molar-refractivity contribution in [2.45, 2.75) is 20.5 Å². The van der Waals surface area contributed by atoms with Gasteiger partial charge in [0, 0.05) is 29.0 Å². The number of pyridine rings is 1. The monoisotopic (exact) mass is 322 g/mol. The van der Waals surface area contributed by atoms with E-state index in [1.54, 1.807) is 12.4 Å². The standard InChI is InChI=1S/C13H15BrN4O/c1-3-16-12-4-9(2)17-13(18-12)8-19-11-5-10(14)6-15-7-11/h4-7H,3,8H2,1-2H3,(H,16,17,18). The van der Waals surface area contributed by atoms with Crippen LogP contribution in [0.5, 0.6) is 5.75 Å². The minimum Gasteiger partial charge on any atom is -0.484 e. The van der Waals surface area contributed by atoms with E-state index in [1.165, 1.54) is 0 Å². The topological polar surface area (TPSA) is 59.9 Å². The Morgan fingerprint density at radius 2 is 2.11 bits per heavy atom. The second-order valence-electron chi connectivity index (χ2n) is 3.97. The summed E-state index contributed by atoms with van der Waals surface area (Å²) in [5.74, 6) is 2.15. The van der Waals surface area contributed by atoms with Gasteiger partial charge in [-0.05, 0) is 35.8 Å². The Hall–Kier alpha value is -1.69. The molecule has 0 radical (unpaired) electrons. The molecule has 0 bridgehead atoms. The van der Waals surface area contributed by atoms with Crippen molar-refractivity contribution >= 4 is 21.7 Å². The second kappa shape index (κ2) is 6.47. The average Bonchev–Trinajstić information content (AvgIpc) is 2.36. The number of aryl methyl sites for hydroxylation is 1. The highest BCUT2D eigenvalue weighted by Crippen LogP contribution is 2.17. The normalized spacial score (nSPS) is 10.3. The van der Waals surface area contributed by atoms with Crippen LogP contribution >= 0.6 is 15.9 Å². The van der Waals surface area contributed by atoms with Gasteiger partial charge in [-0.3, -0.25) is 4.98 Å². The van der Waals surface area contributed by atoms with E-state index in [-0.39, 0.29) is 0 Å². The number of halogens is 1. The number of rotatable bonds is 5. The molecule has 0 amide bonds. The lowest BCUT2D eigenvalue weighted by atomic mass is 10.4. The molecule has 5 nitrogen and oxygen atoms in total. The van der Waals surface area contributed by atoms with E-state index in [9.17, 15) is 0 Å². The van der Waals surface area contributed by atoms with Gasteiger partial charge in [-0.25, -0.2) is 9.97 Å². The van der Waals surface area contributed by atoms with Gasteiger partial charge in [-0.2, -0.15) is 0 Å². The lowest BCUT2D eigenvalue weighted by Crippen LogP contribution is -2.07. The van der Waals surface area contributed by atoms with Gasteiger partial charge in [-0.15, -0.1) is 0 Å². The van der Waals surface area contributed by atoms with Crippen LogP contribution in [0.2, 0.25) is 0 Å². The summed E-state index contributed by atoms with van der Waals surface area (Å²) in [6, 6.07) is 3.77. The Morgan fingerprint density at radius 1 is 1.26 bits per heavy atom. The lowest BCUT2D eigenvalue weighted by Gasteiger charge is -2.08. The highest BCUT2D eigenvalue weighted by Gasteiger charge is 2.03. The summed E-state index contributed by atoms with van der Waals surface area (Å²) in [5, 5.41) is 3.17. The molecule has 0 aliphatic rings. The summed E-state index contributed by atoms with van der Waals surface area (Å²) in [5.41, 5.74) is 0.914. The van der Waals surface area contributed by atoms with Gasteiger partial charge in [0.15, 0.2) is 5.82 Å². The Balaban J connectivity index is 2.06. The second-order valence-corrected chi connectivity index (χ2v) is 4.88. The van der Waals surface area contributed by atoms with Crippen LogP contribution in [-0.2, 0) is 6.61 Å². The molecular formula is C13H15BrN4O. The summed E-state index contributed by atoms with van der Waals surface area (Å²) < 4.78 is 6.49. The third kappa shape index (κ3) is 4.17. The van der Waals surface area contributed by atoms with Crippen molar-refractivity contribution in [3.8, 4) is 5.75 Å². The highest BCUT2D eigenvalue weighted by atomic mass is 79.9. The largest absolute Gasteiger partial charge is 0.484 e. The van der Waals surface area contributed by atoms with Crippen molar-refractivity contribution in [3.05, 3.63) is 40.5 Å². The third-order valence-corrected chi connectivity index (χ3v) is 2.74. The van der Waals surface area contributed by atoms with Crippen molar-refractivity contribution in [2.75, 3.05) is 11.9 Å². The maximum absolute atomic E-state index is 5.62. The van der Waals surface area contributed by atoms with Crippen molar-refractivity contribution in [1.82, 2.24) is 15.0 Å². The van der Waals surface area contributed by atoms with Gasteiger partial charge in [-0.1, -0.05) is 0 Å². The zero-order chi connectivity index (χ0) is 13.7. The van der Waals surface area contributed by atoms with Crippen molar-refractivity contribution in [2.24, 2.45) is 0 Å². The Bertz CT molecular complexity index is 562. The van der Waals surface area contributed by atoms with Crippen molar-refractivity contribution in [3.63, 3.8) is 0 Å². The van der Waals surface area contributed by atoms with E-state index >= 15 is 0 Å². The fourth-order valence-corrected chi connectivity index (χ4v) is 1.93. The van der Waals surface area contributed by atoms with E-state index in [0.717, 1.165) is 22.5 Å². The van der Waals surface area contributed by atoms with Crippen LogP contribution in [0.15, 0.2) is 29.0 Å². The first kappa shape index (κ1) is 13.7. The first-order chi connectivity index (χ1) is 9.17. The van der Waals surface area contributed by atoms with Crippen molar-refractivity contribution in [1.29, 1.82) is 0 Å². The highest BCUT2D eigenvalue weighted by molar-refractivity contribution is 9.10. The Labute approximate surface area is 120 Å². The molecule has 2 rings (SSSR count). The molecule has 0 fully saturated rings. The maximum Gasteiger partial charge on any atom is 0.168 e. The summed E-state index contributed by atoms with van der Waals surface area (Å²) in [7, 11) is 0. The molecule has 0 aliphatic heterocycles. The van der Waals surface area contributed by atoms with Gasteiger partial charge in [0.2, 0.25) is 0 Å². The van der Waals surface area contributed by atoms with Crippen LogP contribution in [0.3, 0.4) is 0 Å². The molecule has 1 N–H and O–H groups in total. The first-order valence-electron chi connectivity index (χ1n) is 5.99. The molecule has 0 aromatic carbocycles. The van der Waals surface area contributed by atoms with E-state index in [0.29, 0.717) is 18.2 Å². The number of anilines is 1. The third-order valence-electron chi connectivity index (χ3n) is 2.31. The van der Waals surface area contributed by atoms with Gasteiger partial charge in [0.05, 0.1) is 6.20 Å². The molecule has 2 aromatic rings. The van der Waals surface area contributed by atoms with E-state index in [2.05, 4.69) is 36.2 Å². The van der Waals surface area contributed by atoms with Crippen LogP contribution in [0.4, 0.5) is 5.82 Å². The predicted molar refractivity (Wildman–Crippen MR) is 77.2 cm³/mol. The minimum absolute atomic E-state index is 0.318. The van der Waals surface area contributed by atoms with E-state index in [1.807, 2.05) is 26.0 Å². The Kier molecular flexibility index (Phi) is 4.68. The molecule has 0 atom stereocenters. The van der Waals surface area contributed by atoms with E-state index < -0.39 is 0 Å². The van der Waals surface area contributed by atoms with Gasteiger partial charge < -0.3 is 10.1 Å². The molecule has 0 aliphatic carbocycles. The van der Waals surface area contributed by atoms with Crippen molar-refractivity contribution < 1.29 is 4.74 Å². The lowest BCUT2D eigenvalue weighted by molar-refractivity contribution is 0.294. The molecule has 2 aromatic heterocycles. The number of hydrogen-bond acceptors (Lipinski definition) is 5. The van der Waals surface area contributed by atoms with Crippen LogP contribution in [-0.4, -0.2) is 21.5 Å². The molecule has 19 heavy (non-hydrogen) atoms. The van der Waals surface area contributed by atoms with Gasteiger partial charge >= 0.3 is 0 Å². The summed E-state index contributed by atoms with van der Waals surface area (Å²) in [6.07, 6.45) is 3.37. The summed E-state index contributed by atoms with van der Waals surface area (Å²) in [4.78, 5) is 12.8. The number of ether oxygens (including phenoxy) is 1. The van der Waals surface area contributed by atoms with Crippen LogP contribution < -0.4 is 10.1 Å².